The molecule has 5 heteroatoms. The lowest BCUT2D eigenvalue weighted by Gasteiger charge is -2.21. The van der Waals surface area contributed by atoms with Gasteiger partial charge in [-0.2, -0.15) is 0 Å². The van der Waals surface area contributed by atoms with Gasteiger partial charge in [-0.05, 0) is 77.2 Å². The molecule has 1 atom stereocenters. The van der Waals surface area contributed by atoms with E-state index < -0.39 is 0 Å². The Hall–Kier alpha value is -7.60. The minimum atomic E-state index is -0.288. The lowest BCUT2D eigenvalue weighted by Crippen LogP contribution is -2.16. The Balaban J connectivity index is 1.08. The summed E-state index contributed by atoms with van der Waals surface area (Å²) in [6.07, 6.45) is 0. The van der Waals surface area contributed by atoms with Crippen molar-refractivity contribution in [2.24, 2.45) is 5.73 Å². The van der Waals surface area contributed by atoms with E-state index in [0.29, 0.717) is 6.67 Å². The molecular formula is C54H39N5. The number of nitrogens with zero attached hydrogens (tertiary/aromatic N) is 3. The van der Waals surface area contributed by atoms with E-state index in [0.717, 1.165) is 44.6 Å². The van der Waals surface area contributed by atoms with E-state index in [-0.39, 0.29) is 6.04 Å². The third kappa shape index (κ3) is 5.15. The van der Waals surface area contributed by atoms with E-state index in [1.54, 1.807) is 0 Å². The molecule has 0 bridgehead atoms. The van der Waals surface area contributed by atoms with Gasteiger partial charge in [-0.1, -0.05) is 140 Å². The molecule has 0 aliphatic heterocycles. The Morgan fingerprint density at radius 1 is 0.390 bits per heavy atom. The third-order valence-electron chi connectivity index (χ3n) is 12.4. The van der Waals surface area contributed by atoms with Gasteiger partial charge in [-0.15, -0.1) is 0 Å². The lowest BCUT2D eigenvalue weighted by molar-refractivity contribution is 0.826. The zero-order chi connectivity index (χ0) is 39.0. The Bertz CT molecular complexity index is 3310. The van der Waals surface area contributed by atoms with E-state index >= 15 is 0 Å². The highest BCUT2D eigenvalue weighted by Gasteiger charge is 2.20. The Kier molecular flexibility index (Phi) is 7.52. The van der Waals surface area contributed by atoms with Crippen molar-refractivity contribution in [2.75, 3.05) is 5.32 Å². The van der Waals surface area contributed by atoms with Gasteiger partial charge in [-0.25, -0.2) is 0 Å². The van der Waals surface area contributed by atoms with Crippen LogP contribution < -0.4 is 11.1 Å². The number of hydrogen-bond donors (Lipinski definition) is 2. The molecule has 0 saturated heterocycles. The van der Waals surface area contributed by atoms with Gasteiger partial charge < -0.3 is 24.8 Å². The van der Waals surface area contributed by atoms with Gasteiger partial charge in [0.1, 0.15) is 0 Å². The first-order valence-electron chi connectivity index (χ1n) is 20.3. The average Bonchev–Trinajstić information content (AvgIpc) is 3.93. The lowest BCUT2D eigenvalue weighted by atomic mass is 9.94. The molecule has 0 aliphatic rings. The van der Waals surface area contributed by atoms with Gasteiger partial charge in [0, 0.05) is 54.8 Å². The van der Waals surface area contributed by atoms with Crippen molar-refractivity contribution in [2.45, 2.75) is 12.7 Å². The van der Waals surface area contributed by atoms with Crippen LogP contribution in [0, 0.1) is 0 Å². The first-order valence-corrected chi connectivity index (χ1v) is 20.3. The largest absolute Gasteiger partial charge is 0.367 e. The monoisotopic (exact) mass is 757 g/mol. The van der Waals surface area contributed by atoms with Crippen molar-refractivity contribution < 1.29 is 0 Å². The second kappa shape index (κ2) is 13.2. The van der Waals surface area contributed by atoms with Gasteiger partial charge in [0.2, 0.25) is 0 Å². The zero-order valence-electron chi connectivity index (χ0n) is 32.3. The van der Waals surface area contributed by atoms with E-state index in [1.165, 1.54) is 59.8 Å². The minimum absolute atomic E-state index is 0.288. The molecule has 0 saturated carbocycles. The highest BCUT2D eigenvalue weighted by Crippen LogP contribution is 2.39. The van der Waals surface area contributed by atoms with Crippen LogP contribution in [0.3, 0.4) is 0 Å². The van der Waals surface area contributed by atoms with Gasteiger partial charge >= 0.3 is 0 Å². The van der Waals surface area contributed by atoms with Gasteiger partial charge in [-0.3, -0.25) is 0 Å². The fourth-order valence-corrected chi connectivity index (χ4v) is 9.67. The van der Waals surface area contributed by atoms with Gasteiger partial charge in [0.25, 0.3) is 0 Å². The maximum Gasteiger partial charge on any atom is 0.0926 e. The number of benzene rings is 9. The number of aromatic nitrogens is 3. The molecule has 0 fully saturated rings. The molecular weight excluding hydrogens is 719 g/mol. The molecule has 0 radical (unpaired) electrons. The Morgan fingerprint density at radius 3 is 1.34 bits per heavy atom. The van der Waals surface area contributed by atoms with E-state index in [9.17, 15) is 0 Å². The number of fused-ring (bicyclic) bond motifs is 10. The molecule has 0 aliphatic carbocycles. The number of hydrogen-bond acceptors (Lipinski definition) is 2. The maximum atomic E-state index is 7.07. The van der Waals surface area contributed by atoms with Crippen LogP contribution in [0.4, 0.5) is 5.69 Å². The summed E-state index contributed by atoms with van der Waals surface area (Å²) in [6, 6.07) is 71.9. The summed E-state index contributed by atoms with van der Waals surface area (Å²) in [6.45, 7) is 0.548. The highest BCUT2D eigenvalue weighted by molar-refractivity contribution is 6.13. The van der Waals surface area contributed by atoms with Crippen molar-refractivity contribution >= 4 is 81.9 Å². The minimum Gasteiger partial charge on any atom is -0.367 e. The normalized spacial score (nSPS) is 12.5. The molecule has 12 aromatic rings. The number of para-hydroxylation sites is 4. The first kappa shape index (κ1) is 33.5. The summed E-state index contributed by atoms with van der Waals surface area (Å²) in [5.74, 6) is 0. The van der Waals surface area contributed by atoms with Crippen LogP contribution in [-0.2, 0) is 6.67 Å². The summed E-state index contributed by atoms with van der Waals surface area (Å²) in [5, 5.41) is 13.7. The molecule has 1 unspecified atom stereocenters. The van der Waals surface area contributed by atoms with Crippen LogP contribution in [0.15, 0.2) is 200 Å². The predicted molar refractivity (Wildman–Crippen MR) is 248 cm³/mol. The molecule has 59 heavy (non-hydrogen) atoms. The van der Waals surface area contributed by atoms with E-state index in [2.05, 4.69) is 213 Å². The van der Waals surface area contributed by atoms with Crippen LogP contribution >= 0.6 is 0 Å². The number of nitrogens with two attached hydrogens (primary N) is 1. The molecule has 3 heterocycles. The second-order valence-corrected chi connectivity index (χ2v) is 15.5. The topological polar surface area (TPSA) is 52.8 Å². The van der Waals surface area contributed by atoms with Crippen molar-refractivity contribution in [3.8, 4) is 11.4 Å². The smallest absolute Gasteiger partial charge is 0.0926 e. The summed E-state index contributed by atoms with van der Waals surface area (Å²) in [5.41, 5.74) is 19.6. The van der Waals surface area contributed by atoms with Crippen LogP contribution in [-0.4, -0.2) is 13.7 Å². The second-order valence-electron chi connectivity index (χ2n) is 15.5. The van der Waals surface area contributed by atoms with Crippen LogP contribution in [0.1, 0.15) is 17.2 Å². The van der Waals surface area contributed by atoms with Gasteiger partial charge in [0.15, 0.2) is 0 Å². The van der Waals surface area contributed by atoms with Crippen molar-refractivity contribution in [3.05, 3.63) is 211 Å². The number of nitrogens with one attached hydrogen (secondary N) is 1. The van der Waals surface area contributed by atoms with Crippen LogP contribution in [0.25, 0.3) is 87.6 Å². The first-order chi connectivity index (χ1) is 29.2. The molecule has 0 amide bonds. The van der Waals surface area contributed by atoms with E-state index in [4.69, 9.17) is 5.73 Å². The molecule has 5 nitrogen and oxygen atoms in total. The zero-order valence-corrected chi connectivity index (χ0v) is 32.3. The van der Waals surface area contributed by atoms with Crippen molar-refractivity contribution in [1.82, 2.24) is 13.7 Å². The molecule has 12 rings (SSSR count). The maximum absolute atomic E-state index is 7.07. The summed E-state index contributed by atoms with van der Waals surface area (Å²) in [7, 11) is 0. The Labute approximate surface area is 340 Å². The number of anilines is 1. The average molecular weight is 758 g/mol. The summed E-state index contributed by atoms with van der Waals surface area (Å²) in [4.78, 5) is 0. The van der Waals surface area contributed by atoms with Crippen molar-refractivity contribution in [3.63, 3.8) is 0 Å². The van der Waals surface area contributed by atoms with Gasteiger partial charge in [0.05, 0.1) is 45.8 Å². The third-order valence-corrected chi connectivity index (χ3v) is 12.4. The van der Waals surface area contributed by atoms with E-state index in [1.807, 2.05) is 6.07 Å². The fraction of sp³-hybridized carbons (Fsp3) is 0.0370. The standard InChI is InChI=1S/C54H39N5/c55-53(36-15-2-1-3-16-36)44-29-26-35-14-4-5-17-39(35)54(44)56-34-57-47-30-27-37(58-49-22-10-6-18-40(49)41-19-7-11-23-50(41)58)32-45(47)46-33-38(28-31-48(46)57)59-51-24-12-8-20-42(51)43-21-9-13-25-52(43)59/h1-33,53,56H,34,55H2. The van der Waals surface area contributed by atoms with Crippen LogP contribution in [0.2, 0.25) is 0 Å². The number of rotatable bonds is 7. The quantitative estimate of drug-likeness (QED) is 0.170. The summed E-state index contributed by atoms with van der Waals surface area (Å²) >= 11 is 0. The molecule has 3 N–H and O–H groups in total. The summed E-state index contributed by atoms with van der Waals surface area (Å²) < 4.78 is 7.25. The highest BCUT2D eigenvalue weighted by atomic mass is 15.1. The molecule has 280 valence electrons. The predicted octanol–water partition coefficient (Wildman–Crippen LogP) is 13.3. The molecule has 9 aromatic carbocycles. The fourth-order valence-electron chi connectivity index (χ4n) is 9.67. The molecule has 3 aromatic heterocycles. The Morgan fingerprint density at radius 2 is 0.831 bits per heavy atom. The SMILES string of the molecule is NC(c1ccccc1)c1ccc2ccccc2c1NCn1c2ccc(-n3c4ccccc4c4ccccc43)cc2c2cc(-n3c4ccccc4c4ccccc43)ccc21. The van der Waals surface area contributed by atoms with Crippen LogP contribution in [0.5, 0.6) is 0 Å². The molecule has 0 spiro atoms. The van der Waals surface area contributed by atoms with Crippen molar-refractivity contribution in [1.29, 1.82) is 0 Å².